The van der Waals surface area contributed by atoms with Gasteiger partial charge in [-0.05, 0) is 17.7 Å². The second-order valence-corrected chi connectivity index (χ2v) is 4.16. The minimum absolute atomic E-state index is 0.362. The summed E-state index contributed by atoms with van der Waals surface area (Å²) >= 11 is 0. The Bertz CT molecular complexity index is 554. The molecule has 0 unspecified atom stereocenters. The lowest BCUT2D eigenvalue weighted by Crippen LogP contribution is -2.01. The molecule has 0 spiro atoms. The molecule has 2 aromatic rings. The number of nitrogens with zero attached hydrogens (tertiary/aromatic N) is 2. The quantitative estimate of drug-likeness (QED) is 0.844. The van der Waals surface area contributed by atoms with E-state index in [1.807, 2.05) is 18.2 Å². The normalized spacial score (nSPS) is 15.6. The zero-order valence-corrected chi connectivity index (χ0v) is 10.6. The van der Waals surface area contributed by atoms with Crippen molar-refractivity contribution < 1.29 is 14.2 Å². The fourth-order valence-corrected chi connectivity index (χ4v) is 2.08. The van der Waals surface area contributed by atoms with E-state index in [0.717, 1.165) is 22.4 Å². The first-order chi connectivity index (χ1) is 9.38. The highest BCUT2D eigenvalue weighted by Gasteiger charge is 2.22. The first-order valence-corrected chi connectivity index (χ1v) is 6.05. The lowest BCUT2D eigenvalue weighted by molar-refractivity contribution is -0.0454. The molecule has 0 atom stereocenters. The number of hydrogen-bond acceptors (Lipinski definition) is 5. The van der Waals surface area contributed by atoms with E-state index in [1.54, 1.807) is 19.5 Å². The van der Waals surface area contributed by atoms with Crippen LogP contribution in [-0.4, -0.2) is 30.3 Å². The molecule has 1 aromatic heterocycles. The maximum absolute atomic E-state index is 5.54. The number of ether oxygens (including phenoxy) is 3. The molecule has 1 aromatic carbocycles. The van der Waals surface area contributed by atoms with E-state index in [-0.39, 0.29) is 6.29 Å². The number of benzene rings is 1. The molecule has 0 saturated carbocycles. The molecule has 2 heterocycles. The molecule has 3 rings (SSSR count). The summed E-state index contributed by atoms with van der Waals surface area (Å²) in [5.41, 5.74) is 2.85. The molecular formula is C14H14N2O3. The molecule has 0 N–H and O–H groups in total. The van der Waals surface area contributed by atoms with E-state index < -0.39 is 0 Å². The Morgan fingerprint density at radius 3 is 2.53 bits per heavy atom. The van der Waals surface area contributed by atoms with Crippen molar-refractivity contribution in [3.8, 4) is 16.9 Å². The van der Waals surface area contributed by atoms with Crippen molar-refractivity contribution in [1.82, 2.24) is 9.97 Å². The molecule has 0 bridgehead atoms. The van der Waals surface area contributed by atoms with Crippen molar-refractivity contribution in [3.05, 3.63) is 42.5 Å². The molecule has 1 saturated heterocycles. The summed E-state index contributed by atoms with van der Waals surface area (Å²) in [6.07, 6.45) is 4.70. The molecule has 0 aliphatic carbocycles. The molecular weight excluding hydrogens is 244 g/mol. The third-order valence-electron chi connectivity index (χ3n) is 3.00. The number of methoxy groups -OCH3 is 1. The first kappa shape index (κ1) is 12.1. The van der Waals surface area contributed by atoms with Crippen molar-refractivity contribution >= 4 is 0 Å². The van der Waals surface area contributed by atoms with Crippen molar-refractivity contribution in [1.29, 1.82) is 0 Å². The van der Waals surface area contributed by atoms with Gasteiger partial charge >= 0.3 is 0 Å². The molecule has 5 heteroatoms. The van der Waals surface area contributed by atoms with Gasteiger partial charge in [-0.1, -0.05) is 6.07 Å². The summed E-state index contributed by atoms with van der Waals surface area (Å²) < 4.78 is 16.4. The molecule has 0 amide bonds. The Morgan fingerprint density at radius 2 is 1.84 bits per heavy atom. The smallest absolute Gasteiger partial charge is 0.187 e. The predicted molar refractivity (Wildman–Crippen MR) is 68.7 cm³/mol. The number of rotatable bonds is 3. The van der Waals surface area contributed by atoms with Crippen LogP contribution in [0.25, 0.3) is 11.1 Å². The Morgan fingerprint density at radius 1 is 1.11 bits per heavy atom. The van der Waals surface area contributed by atoms with E-state index in [9.17, 15) is 0 Å². The fraction of sp³-hybridized carbons (Fsp3) is 0.286. The largest absolute Gasteiger partial charge is 0.496 e. The van der Waals surface area contributed by atoms with E-state index in [0.29, 0.717) is 13.2 Å². The Labute approximate surface area is 111 Å². The Kier molecular flexibility index (Phi) is 3.39. The van der Waals surface area contributed by atoms with Gasteiger partial charge in [0, 0.05) is 18.0 Å². The van der Waals surface area contributed by atoms with Crippen LogP contribution in [-0.2, 0) is 9.47 Å². The summed E-state index contributed by atoms with van der Waals surface area (Å²) in [5.74, 6) is 0.757. The van der Waals surface area contributed by atoms with Crippen LogP contribution in [0.4, 0.5) is 0 Å². The molecule has 98 valence electrons. The van der Waals surface area contributed by atoms with Crippen LogP contribution in [0.3, 0.4) is 0 Å². The van der Waals surface area contributed by atoms with Crippen molar-refractivity contribution in [3.63, 3.8) is 0 Å². The van der Waals surface area contributed by atoms with Crippen LogP contribution in [0, 0.1) is 0 Å². The maximum Gasteiger partial charge on any atom is 0.187 e. The Balaban J connectivity index is 2.01. The van der Waals surface area contributed by atoms with Crippen LogP contribution < -0.4 is 4.74 Å². The van der Waals surface area contributed by atoms with E-state index in [4.69, 9.17) is 14.2 Å². The fourth-order valence-electron chi connectivity index (χ4n) is 2.08. The van der Waals surface area contributed by atoms with Gasteiger partial charge in [0.15, 0.2) is 6.29 Å². The summed E-state index contributed by atoms with van der Waals surface area (Å²) in [6.45, 7) is 1.21. The van der Waals surface area contributed by atoms with Crippen molar-refractivity contribution in [2.45, 2.75) is 6.29 Å². The number of aromatic nitrogens is 2. The summed E-state index contributed by atoms with van der Waals surface area (Å²) in [6, 6.07) is 5.87. The second-order valence-electron chi connectivity index (χ2n) is 4.16. The molecule has 1 aliphatic rings. The minimum Gasteiger partial charge on any atom is -0.496 e. The lowest BCUT2D eigenvalue weighted by Gasteiger charge is -2.15. The third kappa shape index (κ3) is 2.43. The van der Waals surface area contributed by atoms with Gasteiger partial charge in [-0.2, -0.15) is 0 Å². The molecule has 19 heavy (non-hydrogen) atoms. The SMILES string of the molecule is COc1ccc(-c2cncnc2)cc1C1OCCO1. The van der Waals surface area contributed by atoms with E-state index >= 15 is 0 Å². The average molecular weight is 258 g/mol. The lowest BCUT2D eigenvalue weighted by atomic mass is 10.0. The summed E-state index contributed by atoms with van der Waals surface area (Å²) in [4.78, 5) is 8.05. The first-order valence-electron chi connectivity index (χ1n) is 6.05. The van der Waals surface area contributed by atoms with Crippen LogP contribution >= 0.6 is 0 Å². The summed E-state index contributed by atoms with van der Waals surface area (Å²) in [5, 5.41) is 0. The van der Waals surface area contributed by atoms with Gasteiger partial charge in [-0.15, -0.1) is 0 Å². The molecule has 1 aliphatic heterocycles. The third-order valence-corrected chi connectivity index (χ3v) is 3.00. The minimum atomic E-state index is -0.362. The molecule has 1 fully saturated rings. The zero-order valence-electron chi connectivity index (χ0n) is 10.6. The van der Waals surface area contributed by atoms with E-state index in [1.165, 1.54) is 6.33 Å². The van der Waals surface area contributed by atoms with Gasteiger partial charge in [0.25, 0.3) is 0 Å². The maximum atomic E-state index is 5.54. The van der Waals surface area contributed by atoms with Crippen LogP contribution in [0.2, 0.25) is 0 Å². The highest BCUT2D eigenvalue weighted by atomic mass is 16.7. The highest BCUT2D eigenvalue weighted by Crippen LogP contribution is 2.34. The van der Waals surface area contributed by atoms with Crippen LogP contribution in [0.15, 0.2) is 36.9 Å². The van der Waals surface area contributed by atoms with Gasteiger partial charge in [0.2, 0.25) is 0 Å². The molecule has 5 nitrogen and oxygen atoms in total. The topological polar surface area (TPSA) is 53.5 Å². The van der Waals surface area contributed by atoms with Crippen molar-refractivity contribution in [2.24, 2.45) is 0 Å². The summed E-state index contributed by atoms with van der Waals surface area (Å²) in [7, 11) is 1.64. The van der Waals surface area contributed by atoms with Crippen LogP contribution in [0.5, 0.6) is 5.75 Å². The number of hydrogen-bond donors (Lipinski definition) is 0. The van der Waals surface area contributed by atoms with Gasteiger partial charge < -0.3 is 14.2 Å². The Hall–Kier alpha value is -1.98. The van der Waals surface area contributed by atoms with Crippen LogP contribution in [0.1, 0.15) is 11.9 Å². The van der Waals surface area contributed by atoms with E-state index in [2.05, 4.69) is 9.97 Å². The zero-order chi connectivity index (χ0) is 13.1. The molecule has 0 radical (unpaired) electrons. The standard InChI is InChI=1S/C14H14N2O3/c1-17-13-3-2-10(11-7-15-9-16-8-11)6-12(13)14-18-4-5-19-14/h2-3,6-9,14H,4-5H2,1H3. The van der Waals surface area contributed by atoms with Gasteiger partial charge in [-0.3, -0.25) is 0 Å². The average Bonchev–Trinajstić information content (AvgIpc) is 3.01. The predicted octanol–water partition coefficient (Wildman–Crippen LogP) is 2.20. The highest BCUT2D eigenvalue weighted by molar-refractivity contribution is 5.64. The van der Waals surface area contributed by atoms with Gasteiger partial charge in [0.05, 0.1) is 25.9 Å². The monoisotopic (exact) mass is 258 g/mol. The second kappa shape index (κ2) is 5.34. The van der Waals surface area contributed by atoms with Crippen molar-refractivity contribution in [2.75, 3.05) is 20.3 Å². The van der Waals surface area contributed by atoms with Gasteiger partial charge in [0.1, 0.15) is 12.1 Å². The van der Waals surface area contributed by atoms with Gasteiger partial charge in [-0.25, -0.2) is 9.97 Å².